The lowest BCUT2D eigenvalue weighted by atomic mass is 9.76. The van der Waals surface area contributed by atoms with Gasteiger partial charge >= 0.3 is 0 Å². The molecule has 0 aromatic heterocycles. The molecule has 2 atom stereocenters. The highest BCUT2D eigenvalue weighted by Gasteiger charge is 2.48. The predicted molar refractivity (Wildman–Crippen MR) is 131 cm³/mol. The van der Waals surface area contributed by atoms with E-state index in [1.165, 1.54) is 33.2 Å². The second-order valence-electron chi connectivity index (χ2n) is 10.3. The topological polar surface area (TPSA) is 3.24 Å². The molecule has 2 unspecified atom stereocenters. The van der Waals surface area contributed by atoms with Crippen LogP contribution in [-0.4, -0.2) is 5.54 Å². The first-order valence-electron chi connectivity index (χ1n) is 11.2. The largest absolute Gasteiger partial charge is 0.360 e. The molecule has 4 rings (SSSR count). The normalized spacial score (nSPS) is 21.2. The van der Waals surface area contributed by atoms with E-state index in [2.05, 4.69) is 121 Å². The molecular formula is C29H35N. The zero-order chi connectivity index (χ0) is 21.7. The predicted octanol–water partition coefficient (Wildman–Crippen LogP) is 8.01. The van der Waals surface area contributed by atoms with Crippen LogP contribution in [0.1, 0.15) is 76.5 Å². The van der Waals surface area contributed by atoms with Crippen molar-refractivity contribution in [3.63, 3.8) is 0 Å². The zero-order valence-corrected chi connectivity index (χ0v) is 19.4. The van der Waals surface area contributed by atoms with Crippen LogP contribution in [0.3, 0.4) is 0 Å². The van der Waals surface area contributed by atoms with Crippen molar-refractivity contribution < 1.29 is 0 Å². The first kappa shape index (κ1) is 21.0. The Labute approximate surface area is 183 Å². The van der Waals surface area contributed by atoms with Crippen molar-refractivity contribution >= 4 is 16.5 Å². The van der Waals surface area contributed by atoms with E-state index in [4.69, 9.17) is 0 Å². The third-order valence-corrected chi connectivity index (χ3v) is 6.76. The number of anilines is 1. The lowest BCUT2D eigenvalue weighted by Crippen LogP contribution is -2.37. The van der Waals surface area contributed by atoms with E-state index in [0.29, 0.717) is 5.92 Å². The number of hydrogen-bond donors (Lipinski definition) is 0. The van der Waals surface area contributed by atoms with Crippen LogP contribution in [0.2, 0.25) is 0 Å². The Bertz CT molecular complexity index is 1030. The standard InChI is InChI=1S/C29H35N/c1-20(2)23-15-11-16-24(21(3)4)27(23)30-19-29(7,18-28(30,5)6)26-17-10-13-22-12-8-9-14-25(22)26/h8-17,19-21H,1,18H2,2-7H3. The smallest absolute Gasteiger partial charge is 0.0603 e. The molecule has 1 aliphatic rings. The molecule has 1 saturated heterocycles. The summed E-state index contributed by atoms with van der Waals surface area (Å²) in [5, 5.41) is 2.68. The Morgan fingerprint density at radius 2 is 1.47 bits per heavy atom. The summed E-state index contributed by atoms with van der Waals surface area (Å²) in [7, 11) is 0. The molecule has 1 aliphatic heterocycles. The van der Waals surface area contributed by atoms with E-state index in [1.54, 1.807) is 0 Å². The van der Waals surface area contributed by atoms with Gasteiger partial charge in [-0.25, -0.2) is 0 Å². The lowest BCUT2D eigenvalue weighted by Gasteiger charge is -2.37. The number of benzene rings is 3. The maximum absolute atomic E-state index is 4.38. The Balaban J connectivity index is 1.87. The van der Waals surface area contributed by atoms with Gasteiger partial charge in [-0.3, -0.25) is 0 Å². The quantitative estimate of drug-likeness (QED) is 0.431. The third kappa shape index (κ3) is 3.43. The van der Waals surface area contributed by atoms with Gasteiger partial charge in [0, 0.05) is 16.6 Å². The second kappa shape index (κ2) is 7.45. The minimum absolute atomic E-state index is 0.0142. The number of hydrogen-bond acceptors (Lipinski definition) is 1. The molecule has 0 N–H and O–H groups in total. The molecule has 1 heterocycles. The minimum Gasteiger partial charge on any atom is -0.360 e. The minimum atomic E-state index is -0.0316. The van der Waals surface area contributed by atoms with Crippen molar-refractivity contribution in [2.75, 3.05) is 4.90 Å². The van der Waals surface area contributed by atoms with E-state index in [9.17, 15) is 0 Å². The summed E-state index contributed by atoms with van der Waals surface area (Å²) in [6, 6.07) is 22.3. The molecule has 156 valence electrons. The van der Waals surface area contributed by atoms with E-state index in [1.807, 2.05) is 0 Å². The summed E-state index contributed by atoms with van der Waals surface area (Å²) in [5.41, 5.74) is 5.52. The van der Waals surface area contributed by atoms with Gasteiger partial charge in [-0.2, -0.15) is 0 Å². The number of fused-ring (bicyclic) bond motifs is 1. The van der Waals surface area contributed by atoms with Gasteiger partial charge in [0.05, 0.1) is 6.54 Å². The van der Waals surface area contributed by atoms with E-state index in [-0.39, 0.29) is 16.9 Å². The van der Waals surface area contributed by atoms with Gasteiger partial charge in [-0.1, -0.05) is 88.4 Å². The molecule has 3 aromatic carbocycles. The summed E-state index contributed by atoms with van der Waals surface area (Å²) < 4.78 is 0. The molecule has 0 amide bonds. The summed E-state index contributed by atoms with van der Waals surface area (Å²) in [6.07, 6.45) is 1.07. The first-order chi connectivity index (χ1) is 14.1. The highest BCUT2D eigenvalue weighted by molar-refractivity contribution is 5.87. The van der Waals surface area contributed by atoms with Gasteiger partial charge in [0.2, 0.25) is 0 Å². The van der Waals surface area contributed by atoms with Gasteiger partial charge < -0.3 is 4.90 Å². The summed E-state index contributed by atoms with van der Waals surface area (Å²) in [4.78, 5) is 2.57. The fourth-order valence-electron chi connectivity index (χ4n) is 5.47. The number of nitrogens with zero attached hydrogens (tertiary/aromatic N) is 1. The second-order valence-corrected chi connectivity index (χ2v) is 10.3. The summed E-state index contributed by atoms with van der Waals surface area (Å²) in [5.74, 6) is 0.708. The van der Waals surface area contributed by atoms with Gasteiger partial charge in [0.25, 0.3) is 0 Å². The van der Waals surface area contributed by atoms with Crippen molar-refractivity contribution in [1.29, 1.82) is 0 Å². The molecule has 0 saturated carbocycles. The third-order valence-electron chi connectivity index (χ3n) is 6.76. The van der Waals surface area contributed by atoms with Gasteiger partial charge in [0.1, 0.15) is 0 Å². The Kier molecular flexibility index (Phi) is 5.21. The lowest BCUT2D eigenvalue weighted by molar-refractivity contribution is 0.451. The molecule has 30 heavy (non-hydrogen) atoms. The molecule has 3 aromatic rings. The summed E-state index contributed by atoms with van der Waals surface area (Å²) in [6.45, 7) is 20.9. The fraction of sp³-hybridized carbons (Fsp3) is 0.379. The van der Waals surface area contributed by atoms with Gasteiger partial charge in [-0.05, 0) is 66.5 Å². The van der Waals surface area contributed by atoms with Crippen LogP contribution in [-0.2, 0) is 5.41 Å². The van der Waals surface area contributed by atoms with Crippen LogP contribution in [0.25, 0.3) is 10.8 Å². The van der Waals surface area contributed by atoms with Crippen molar-refractivity contribution in [3.8, 4) is 0 Å². The molecule has 1 heteroatoms. The molecular weight excluding hydrogens is 362 g/mol. The van der Waals surface area contributed by atoms with Crippen molar-refractivity contribution in [2.45, 2.75) is 70.8 Å². The number of para-hydroxylation sites is 1. The van der Waals surface area contributed by atoms with Crippen molar-refractivity contribution in [1.82, 2.24) is 0 Å². The Hall–Kier alpha value is -2.28. The van der Waals surface area contributed by atoms with E-state index < -0.39 is 0 Å². The van der Waals surface area contributed by atoms with E-state index >= 15 is 0 Å². The van der Waals surface area contributed by atoms with Crippen LogP contribution in [0.4, 0.5) is 5.69 Å². The first-order valence-corrected chi connectivity index (χ1v) is 11.2. The fourth-order valence-corrected chi connectivity index (χ4v) is 5.47. The molecule has 0 spiro atoms. The maximum atomic E-state index is 4.38. The van der Waals surface area contributed by atoms with Crippen LogP contribution < -0.4 is 4.90 Å². The Morgan fingerprint density at radius 3 is 2.17 bits per heavy atom. The molecule has 0 aliphatic carbocycles. The zero-order valence-electron chi connectivity index (χ0n) is 19.4. The monoisotopic (exact) mass is 397 g/mol. The average Bonchev–Trinajstić information content (AvgIpc) is 2.96. The van der Waals surface area contributed by atoms with Crippen LogP contribution >= 0.6 is 0 Å². The maximum Gasteiger partial charge on any atom is 0.0603 e. The van der Waals surface area contributed by atoms with Crippen molar-refractivity contribution in [3.05, 3.63) is 90.8 Å². The van der Waals surface area contributed by atoms with Crippen LogP contribution in [0, 0.1) is 13.5 Å². The SMILES string of the molecule is [CH2]C(C)c1cccc(C(C)C)c1N1[CH]C(C)(c2cccc3ccccc23)CC1(C)C. The van der Waals surface area contributed by atoms with Crippen LogP contribution in [0.5, 0.6) is 0 Å². The van der Waals surface area contributed by atoms with Crippen LogP contribution in [0.15, 0.2) is 60.7 Å². The highest BCUT2D eigenvalue weighted by Crippen LogP contribution is 2.52. The van der Waals surface area contributed by atoms with E-state index in [0.717, 1.165) is 6.42 Å². The average molecular weight is 398 g/mol. The molecule has 1 nitrogen and oxygen atoms in total. The van der Waals surface area contributed by atoms with Gasteiger partial charge in [0.15, 0.2) is 0 Å². The van der Waals surface area contributed by atoms with Gasteiger partial charge in [-0.15, -0.1) is 0 Å². The van der Waals surface area contributed by atoms with Crippen molar-refractivity contribution in [2.24, 2.45) is 0 Å². The molecule has 0 bridgehead atoms. The highest BCUT2D eigenvalue weighted by atomic mass is 15.2. The summed E-state index contributed by atoms with van der Waals surface area (Å²) >= 11 is 0. The molecule has 2 radical (unpaired) electrons. The Morgan fingerprint density at radius 1 is 0.833 bits per heavy atom. The number of rotatable bonds is 4. The molecule has 1 fully saturated rings.